The van der Waals surface area contributed by atoms with Gasteiger partial charge in [0, 0.05) is 37.1 Å². The molecular weight excluding hydrogens is 447 g/mol. The monoisotopic (exact) mass is 468 g/mol. The Morgan fingerprint density at radius 2 is 1.72 bits per heavy atom. The zero-order valence-electron chi connectivity index (χ0n) is 17.4. The number of piperazine rings is 1. The van der Waals surface area contributed by atoms with Crippen LogP contribution in [0.2, 0.25) is 0 Å². The van der Waals surface area contributed by atoms with Crippen LogP contribution >= 0.6 is 11.3 Å². The number of aryl methyl sites for hydroxylation is 1. The highest BCUT2D eigenvalue weighted by Crippen LogP contribution is 2.38. The van der Waals surface area contributed by atoms with Crippen LogP contribution < -0.4 is 4.90 Å². The van der Waals surface area contributed by atoms with Crippen molar-refractivity contribution in [3.63, 3.8) is 0 Å². The van der Waals surface area contributed by atoms with E-state index in [4.69, 9.17) is 4.98 Å². The van der Waals surface area contributed by atoms with E-state index in [0.29, 0.717) is 32.0 Å². The first-order valence-corrected chi connectivity index (χ1v) is 12.6. The van der Waals surface area contributed by atoms with Gasteiger partial charge in [0.2, 0.25) is 10.0 Å². The summed E-state index contributed by atoms with van der Waals surface area (Å²) in [6, 6.07) is 15.3. The average Bonchev–Trinajstić information content (AvgIpc) is 3.23. The SMILES string of the molecule is Cc1nc(N2CCN(S(=O)(=O)c3cccc(F)c3)CC2)c2c(-c3ccccc3)csc2n1. The normalized spacial score (nSPS) is 15.4. The molecule has 2 aromatic carbocycles. The summed E-state index contributed by atoms with van der Waals surface area (Å²) in [5.74, 6) is 0.952. The minimum Gasteiger partial charge on any atom is -0.353 e. The van der Waals surface area contributed by atoms with E-state index in [0.717, 1.165) is 33.2 Å². The molecule has 0 radical (unpaired) electrons. The molecule has 0 N–H and O–H groups in total. The van der Waals surface area contributed by atoms with Crippen molar-refractivity contribution in [2.45, 2.75) is 11.8 Å². The Kier molecular flexibility index (Phi) is 5.40. The number of fused-ring (bicyclic) bond motifs is 1. The summed E-state index contributed by atoms with van der Waals surface area (Å²) < 4.78 is 40.9. The summed E-state index contributed by atoms with van der Waals surface area (Å²) in [5, 5.41) is 3.09. The second-order valence-electron chi connectivity index (χ2n) is 7.64. The van der Waals surface area contributed by atoms with E-state index in [-0.39, 0.29) is 4.90 Å². The highest BCUT2D eigenvalue weighted by molar-refractivity contribution is 7.89. The molecule has 0 amide bonds. The number of benzene rings is 2. The second-order valence-corrected chi connectivity index (χ2v) is 10.4. The van der Waals surface area contributed by atoms with Crippen molar-refractivity contribution in [1.82, 2.24) is 14.3 Å². The van der Waals surface area contributed by atoms with E-state index in [1.54, 1.807) is 11.3 Å². The van der Waals surface area contributed by atoms with E-state index < -0.39 is 15.8 Å². The molecule has 32 heavy (non-hydrogen) atoms. The van der Waals surface area contributed by atoms with Crippen molar-refractivity contribution in [3.05, 3.63) is 71.6 Å². The molecule has 0 bridgehead atoms. The predicted octanol–water partition coefficient (Wildman–Crippen LogP) is 4.32. The maximum Gasteiger partial charge on any atom is 0.243 e. The fourth-order valence-electron chi connectivity index (χ4n) is 4.00. The van der Waals surface area contributed by atoms with Gasteiger partial charge in [-0.2, -0.15) is 4.31 Å². The first-order valence-electron chi connectivity index (χ1n) is 10.3. The number of hydrogen-bond donors (Lipinski definition) is 0. The molecule has 1 fully saturated rings. The van der Waals surface area contributed by atoms with Crippen molar-refractivity contribution >= 4 is 37.4 Å². The van der Waals surface area contributed by atoms with Crippen LogP contribution in [0.25, 0.3) is 21.3 Å². The molecule has 2 aromatic heterocycles. The number of halogens is 1. The van der Waals surface area contributed by atoms with Crippen LogP contribution in [0.3, 0.4) is 0 Å². The zero-order valence-corrected chi connectivity index (χ0v) is 19.0. The number of thiophene rings is 1. The Labute approximate surface area is 190 Å². The van der Waals surface area contributed by atoms with Gasteiger partial charge in [0.25, 0.3) is 0 Å². The third kappa shape index (κ3) is 3.76. The zero-order chi connectivity index (χ0) is 22.3. The highest BCUT2D eigenvalue weighted by Gasteiger charge is 2.30. The molecule has 0 aliphatic carbocycles. The third-order valence-corrected chi connectivity index (χ3v) is 8.35. The number of nitrogens with zero attached hydrogens (tertiary/aromatic N) is 4. The molecule has 0 unspecified atom stereocenters. The van der Waals surface area contributed by atoms with Crippen LogP contribution in [0.1, 0.15) is 5.82 Å². The lowest BCUT2D eigenvalue weighted by molar-refractivity contribution is 0.384. The van der Waals surface area contributed by atoms with E-state index in [9.17, 15) is 12.8 Å². The molecule has 5 rings (SSSR count). The minimum atomic E-state index is -3.75. The Morgan fingerprint density at radius 1 is 0.969 bits per heavy atom. The van der Waals surface area contributed by atoms with Crippen LogP contribution in [0, 0.1) is 12.7 Å². The quantitative estimate of drug-likeness (QED) is 0.446. The highest BCUT2D eigenvalue weighted by atomic mass is 32.2. The van der Waals surface area contributed by atoms with Gasteiger partial charge in [0.1, 0.15) is 22.3 Å². The van der Waals surface area contributed by atoms with E-state index >= 15 is 0 Å². The maximum absolute atomic E-state index is 13.6. The van der Waals surface area contributed by atoms with Gasteiger partial charge in [-0.15, -0.1) is 11.3 Å². The van der Waals surface area contributed by atoms with Gasteiger partial charge in [-0.3, -0.25) is 0 Å². The largest absolute Gasteiger partial charge is 0.353 e. The number of rotatable bonds is 4. The van der Waals surface area contributed by atoms with Crippen molar-refractivity contribution in [2.75, 3.05) is 31.1 Å². The first-order chi connectivity index (χ1) is 15.4. The molecule has 4 aromatic rings. The predicted molar refractivity (Wildman–Crippen MR) is 125 cm³/mol. The lowest BCUT2D eigenvalue weighted by atomic mass is 10.1. The topological polar surface area (TPSA) is 66.4 Å². The molecule has 1 saturated heterocycles. The van der Waals surface area contributed by atoms with Crippen LogP contribution in [0.5, 0.6) is 0 Å². The van der Waals surface area contributed by atoms with Crippen molar-refractivity contribution in [2.24, 2.45) is 0 Å². The van der Waals surface area contributed by atoms with Crippen LogP contribution in [-0.2, 0) is 10.0 Å². The number of anilines is 1. The molecule has 9 heteroatoms. The fraction of sp³-hybridized carbons (Fsp3) is 0.217. The molecule has 0 saturated carbocycles. The summed E-state index contributed by atoms with van der Waals surface area (Å²) in [4.78, 5) is 12.4. The minimum absolute atomic E-state index is 0.0181. The third-order valence-electron chi connectivity index (χ3n) is 5.58. The van der Waals surface area contributed by atoms with Crippen molar-refractivity contribution in [1.29, 1.82) is 0 Å². The first kappa shape index (κ1) is 21.0. The number of hydrogen-bond acceptors (Lipinski definition) is 6. The molecule has 0 spiro atoms. The summed E-state index contributed by atoms with van der Waals surface area (Å²) in [5.41, 5.74) is 2.18. The van der Waals surface area contributed by atoms with Gasteiger partial charge >= 0.3 is 0 Å². The number of aromatic nitrogens is 2. The molecule has 0 atom stereocenters. The van der Waals surface area contributed by atoms with E-state index in [1.807, 2.05) is 25.1 Å². The van der Waals surface area contributed by atoms with E-state index in [2.05, 4.69) is 27.4 Å². The lowest BCUT2D eigenvalue weighted by Crippen LogP contribution is -2.49. The van der Waals surface area contributed by atoms with Gasteiger partial charge in [-0.05, 0) is 30.7 Å². The second kappa shape index (κ2) is 8.23. The van der Waals surface area contributed by atoms with Gasteiger partial charge in [-0.1, -0.05) is 36.4 Å². The summed E-state index contributed by atoms with van der Waals surface area (Å²) in [6.45, 7) is 3.45. The van der Waals surface area contributed by atoms with Crippen LogP contribution in [-0.4, -0.2) is 48.9 Å². The van der Waals surface area contributed by atoms with Crippen molar-refractivity contribution < 1.29 is 12.8 Å². The maximum atomic E-state index is 13.6. The molecule has 1 aliphatic heterocycles. The average molecular weight is 469 g/mol. The lowest BCUT2D eigenvalue weighted by Gasteiger charge is -2.35. The summed E-state index contributed by atoms with van der Waals surface area (Å²) in [7, 11) is -3.75. The molecule has 3 heterocycles. The van der Waals surface area contributed by atoms with Gasteiger partial charge in [0.15, 0.2) is 0 Å². The van der Waals surface area contributed by atoms with Crippen LogP contribution in [0.15, 0.2) is 64.9 Å². The van der Waals surface area contributed by atoms with E-state index in [1.165, 1.54) is 22.5 Å². The summed E-state index contributed by atoms with van der Waals surface area (Å²) >= 11 is 1.58. The molecule has 6 nitrogen and oxygen atoms in total. The van der Waals surface area contributed by atoms with Gasteiger partial charge in [-0.25, -0.2) is 22.8 Å². The summed E-state index contributed by atoms with van der Waals surface area (Å²) in [6.07, 6.45) is 0. The Bertz CT molecular complexity index is 1380. The van der Waals surface area contributed by atoms with Gasteiger partial charge in [0.05, 0.1) is 10.3 Å². The molecule has 1 aliphatic rings. The van der Waals surface area contributed by atoms with Crippen LogP contribution in [0.4, 0.5) is 10.2 Å². The van der Waals surface area contributed by atoms with Crippen molar-refractivity contribution in [3.8, 4) is 11.1 Å². The fourth-order valence-corrected chi connectivity index (χ4v) is 6.44. The smallest absolute Gasteiger partial charge is 0.243 e. The Morgan fingerprint density at radius 3 is 2.44 bits per heavy atom. The Hall–Kier alpha value is -2.88. The standard InChI is InChI=1S/C23H21FN4O2S2/c1-16-25-22(21-20(15-31-23(21)26-16)17-6-3-2-4-7-17)27-10-12-28(13-11-27)32(29,30)19-9-5-8-18(24)14-19/h2-9,14-15H,10-13H2,1H3. The van der Waals surface area contributed by atoms with Gasteiger partial charge < -0.3 is 4.90 Å². The molecular formula is C23H21FN4O2S2. The number of sulfonamides is 1. The molecule has 164 valence electrons. The Balaban J connectivity index is 1.46.